The van der Waals surface area contributed by atoms with Crippen LogP contribution in [-0.4, -0.2) is 12.3 Å². The number of ether oxygens (including phenoxy) is 1. The lowest BCUT2D eigenvalue weighted by molar-refractivity contribution is -0.131. The van der Waals surface area contributed by atoms with Crippen LogP contribution in [0.4, 0.5) is 4.39 Å². The van der Waals surface area contributed by atoms with E-state index in [1.54, 1.807) is 0 Å². The molecule has 2 aromatic rings. The quantitative estimate of drug-likeness (QED) is 0.476. The molecule has 0 amide bonds. The number of hydrogen-bond acceptors (Lipinski definition) is 4. The highest BCUT2D eigenvalue weighted by molar-refractivity contribution is 5.74. The van der Waals surface area contributed by atoms with Gasteiger partial charge in [0, 0.05) is 6.92 Å². The number of aldehydes is 1. The van der Waals surface area contributed by atoms with Crippen molar-refractivity contribution >= 4 is 12.3 Å². The third-order valence-electron chi connectivity index (χ3n) is 2.21. The Bertz CT molecular complexity index is 601. The topological polar surface area (TPSA) is 56.5 Å². The molecule has 0 fully saturated rings. The van der Waals surface area contributed by atoms with Gasteiger partial charge in [-0.25, -0.2) is 4.39 Å². The lowest BCUT2D eigenvalue weighted by Crippen LogP contribution is -2.01. The van der Waals surface area contributed by atoms with E-state index in [4.69, 9.17) is 9.15 Å². The highest BCUT2D eigenvalue weighted by Crippen LogP contribution is 2.28. The zero-order chi connectivity index (χ0) is 13.1. The Morgan fingerprint density at radius 2 is 2.11 bits per heavy atom. The highest BCUT2D eigenvalue weighted by Gasteiger charge is 2.12. The molecule has 0 spiro atoms. The molecule has 2 rings (SSSR count). The van der Waals surface area contributed by atoms with Crippen molar-refractivity contribution < 1.29 is 23.1 Å². The van der Waals surface area contributed by atoms with Crippen molar-refractivity contribution in [2.75, 3.05) is 0 Å². The molecule has 0 bridgehead atoms. The van der Waals surface area contributed by atoms with Crippen molar-refractivity contribution in [2.24, 2.45) is 0 Å². The number of carbonyl (C=O) groups is 2. The first-order valence-corrected chi connectivity index (χ1v) is 5.13. The van der Waals surface area contributed by atoms with E-state index < -0.39 is 11.8 Å². The summed E-state index contributed by atoms with van der Waals surface area (Å²) in [7, 11) is 0. The fraction of sp³-hybridized carbons (Fsp3) is 0.0769. The molecule has 0 N–H and O–H groups in total. The van der Waals surface area contributed by atoms with Crippen LogP contribution in [0.25, 0.3) is 11.3 Å². The summed E-state index contributed by atoms with van der Waals surface area (Å²) in [6.07, 6.45) is 0.525. The van der Waals surface area contributed by atoms with Crippen LogP contribution in [0.5, 0.6) is 5.75 Å². The van der Waals surface area contributed by atoms with Gasteiger partial charge >= 0.3 is 5.97 Å². The summed E-state index contributed by atoms with van der Waals surface area (Å²) in [6, 6.07) is 6.74. The molecule has 0 atom stereocenters. The van der Waals surface area contributed by atoms with Gasteiger partial charge in [-0.05, 0) is 30.3 Å². The maximum atomic E-state index is 13.6. The largest absolute Gasteiger partial charge is 0.453 e. The highest BCUT2D eigenvalue weighted by atomic mass is 19.1. The van der Waals surface area contributed by atoms with E-state index >= 15 is 0 Å². The van der Waals surface area contributed by atoms with Crippen molar-refractivity contribution in [2.45, 2.75) is 6.92 Å². The van der Waals surface area contributed by atoms with Gasteiger partial charge in [0.1, 0.15) is 17.3 Å². The van der Waals surface area contributed by atoms with Crippen LogP contribution >= 0.6 is 0 Å². The van der Waals surface area contributed by atoms with Crippen molar-refractivity contribution in [3.05, 3.63) is 41.9 Å². The van der Waals surface area contributed by atoms with Crippen LogP contribution in [-0.2, 0) is 4.79 Å². The number of rotatable bonds is 3. The van der Waals surface area contributed by atoms with E-state index in [0.717, 1.165) is 6.07 Å². The molecule has 5 heteroatoms. The Morgan fingerprint density at radius 3 is 2.72 bits per heavy atom. The second-order valence-electron chi connectivity index (χ2n) is 3.56. The van der Waals surface area contributed by atoms with Crippen molar-refractivity contribution in [3.63, 3.8) is 0 Å². The minimum atomic E-state index is -0.530. The summed E-state index contributed by atoms with van der Waals surface area (Å²) in [4.78, 5) is 21.3. The fourth-order valence-electron chi connectivity index (χ4n) is 1.48. The Morgan fingerprint density at radius 1 is 1.33 bits per heavy atom. The Balaban J connectivity index is 2.42. The first-order chi connectivity index (χ1) is 8.60. The first kappa shape index (κ1) is 12.0. The smallest absolute Gasteiger partial charge is 0.308 e. The average Bonchev–Trinajstić information content (AvgIpc) is 2.79. The fourth-order valence-corrected chi connectivity index (χ4v) is 1.48. The van der Waals surface area contributed by atoms with E-state index in [0.29, 0.717) is 6.29 Å². The number of hydrogen-bond donors (Lipinski definition) is 0. The summed E-state index contributed by atoms with van der Waals surface area (Å²) in [5.74, 6) is -0.521. The van der Waals surface area contributed by atoms with Gasteiger partial charge in [0.15, 0.2) is 12.0 Å². The summed E-state index contributed by atoms with van der Waals surface area (Å²) >= 11 is 0. The molecule has 4 nitrogen and oxygen atoms in total. The van der Waals surface area contributed by atoms with E-state index in [2.05, 4.69) is 0 Å². The van der Waals surface area contributed by atoms with Gasteiger partial charge in [-0.3, -0.25) is 9.59 Å². The van der Waals surface area contributed by atoms with Crippen LogP contribution in [0.3, 0.4) is 0 Å². The molecular weight excluding hydrogens is 239 g/mol. The van der Waals surface area contributed by atoms with E-state index in [9.17, 15) is 14.0 Å². The molecule has 0 radical (unpaired) electrons. The lowest BCUT2D eigenvalue weighted by Gasteiger charge is -2.04. The molecule has 18 heavy (non-hydrogen) atoms. The molecule has 0 unspecified atom stereocenters. The summed E-state index contributed by atoms with van der Waals surface area (Å²) in [5, 5.41) is 0. The molecule has 0 aliphatic rings. The van der Waals surface area contributed by atoms with Crippen LogP contribution in [0, 0.1) is 5.82 Å². The van der Waals surface area contributed by atoms with Gasteiger partial charge in [-0.15, -0.1) is 0 Å². The third-order valence-corrected chi connectivity index (χ3v) is 2.21. The standard InChI is InChI=1S/C13H9FO4/c1-8(16)17-9-2-4-12(14)11(6-9)13-5-3-10(7-15)18-13/h2-7H,1H3. The van der Waals surface area contributed by atoms with Crippen molar-refractivity contribution in [3.8, 4) is 17.1 Å². The predicted molar refractivity (Wildman–Crippen MR) is 60.8 cm³/mol. The Hall–Kier alpha value is -2.43. The monoisotopic (exact) mass is 248 g/mol. The number of furan rings is 1. The van der Waals surface area contributed by atoms with Crippen LogP contribution in [0.15, 0.2) is 34.7 Å². The average molecular weight is 248 g/mol. The number of halogens is 1. The van der Waals surface area contributed by atoms with Gasteiger partial charge in [0.2, 0.25) is 0 Å². The van der Waals surface area contributed by atoms with Gasteiger partial charge in [0.25, 0.3) is 0 Å². The second kappa shape index (κ2) is 4.83. The zero-order valence-electron chi connectivity index (χ0n) is 9.48. The maximum Gasteiger partial charge on any atom is 0.308 e. The third kappa shape index (κ3) is 2.45. The SMILES string of the molecule is CC(=O)Oc1ccc(F)c(-c2ccc(C=O)o2)c1. The number of carbonyl (C=O) groups excluding carboxylic acids is 2. The van der Waals surface area contributed by atoms with E-state index in [1.165, 1.54) is 31.2 Å². The molecule has 0 saturated carbocycles. The van der Waals surface area contributed by atoms with Crippen LogP contribution in [0.1, 0.15) is 17.5 Å². The summed E-state index contributed by atoms with van der Waals surface area (Å²) in [5.41, 5.74) is 0.127. The number of esters is 1. The predicted octanol–water partition coefficient (Wildman–Crippen LogP) is 2.82. The van der Waals surface area contributed by atoms with Gasteiger partial charge in [-0.2, -0.15) is 0 Å². The minimum absolute atomic E-state index is 0.0993. The molecule has 0 aliphatic carbocycles. The van der Waals surface area contributed by atoms with Crippen molar-refractivity contribution in [1.82, 2.24) is 0 Å². The lowest BCUT2D eigenvalue weighted by atomic mass is 10.1. The van der Waals surface area contributed by atoms with E-state index in [-0.39, 0.29) is 22.8 Å². The molecule has 0 aliphatic heterocycles. The van der Waals surface area contributed by atoms with Gasteiger partial charge in [0.05, 0.1) is 5.56 Å². The Kier molecular flexibility index (Phi) is 3.23. The molecular formula is C13H9FO4. The number of benzene rings is 1. The second-order valence-corrected chi connectivity index (χ2v) is 3.56. The van der Waals surface area contributed by atoms with Gasteiger partial charge in [-0.1, -0.05) is 0 Å². The first-order valence-electron chi connectivity index (χ1n) is 5.13. The normalized spacial score (nSPS) is 10.1. The molecule has 1 aromatic heterocycles. The van der Waals surface area contributed by atoms with Crippen molar-refractivity contribution in [1.29, 1.82) is 0 Å². The summed E-state index contributed by atoms with van der Waals surface area (Å²) < 4.78 is 23.6. The minimum Gasteiger partial charge on any atom is -0.453 e. The molecule has 0 saturated heterocycles. The van der Waals surface area contributed by atoms with Gasteiger partial charge < -0.3 is 9.15 Å². The molecule has 1 heterocycles. The maximum absolute atomic E-state index is 13.6. The Labute approximate surface area is 102 Å². The summed E-state index contributed by atoms with van der Waals surface area (Å²) in [6.45, 7) is 1.25. The molecule has 92 valence electrons. The zero-order valence-corrected chi connectivity index (χ0v) is 9.48. The van der Waals surface area contributed by atoms with E-state index in [1.807, 2.05) is 0 Å². The van der Waals surface area contributed by atoms with Crippen LogP contribution in [0.2, 0.25) is 0 Å². The van der Waals surface area contributed by atoms with Crippen LogP contribution < -0.4 is 4.74 Å². The molecule has 1 aromatic carbocycles.